The molecule has 1 fully saturated rings. The molecule has 1 aromatic carbocycles. The van der Waals surface area contributed by atoms with E-state index in [1.165, 1.54) is 0 Å². The Hall–Kier alpha value is -1.41. The second-order valence-corrected chi connectivity index (χ2v) is 4.69. The highest BCUT2D eigenvalue weighted by Gasteiger charge is 2.21. The van der Waals surface area contributed by atoms with E-state index in [0.29, 0.717) is 31.6 Å². The molecule has 0 spiro atoms. The number of Topliss-reactive ketones (excluding diaryl/α,β-unsaturated/α-hetero) is 1. The molecule has 0 aliphatic carbocycles. The lowest BCUT2D eigenvalue weighted by Crippen LogP contribution is -2.34. The summed E-state index contributed by atoms with van der Waals surface area (Å²) >= 11 is 3.08. The van der Waals surface area contributed by atoms with Gasteiger partial charge in [-0.2, -0.15) is 5.26 Å². The van der Waals surface area contributed by atoms with Gasteiger partial charge in [0.15, 0.2) is 5.82 Å². The summed E-state index contributed by atoms with van der Waals surface area (Å²) in [7, 11) is 0. The van der Waals surface area contributed by atoms with Gasteiger partial charge in [-0.15, -0.1) is 0 Å². The Labute approximate surface area is 107 Å². The van der Waals surface area contributed by atoms with E-state index in [0.717, 1.165) is 0 Å². The van der Waals surface area contributed by atoms with Crippen LogP contribution in [0.4, 0.5) is 10.1 Å². The number of ketones is 1. The number of carbonyl (C=O) groups is 1. The molecule has 1 aromatic rings. The highest BCUT2D eigenvalue weighted by Crippen LogP contribution is 2.30. The molecule has 0 saturated carbocycles. The summed E-state index contributed by atoms with van der Waals surface area (Å²) in [6.45, 7) is 1.07. The maximum atomic E-state index is 14.0. The Kier molecular flexibility index (Phi) is 3.43. The monoisotopic (exact) mass is 296 g/mol. The first-order valence-electron chi connectivity index (χ1n) is 5.28. The van der Waals surface area contributed by atoms with Crippen molar-refractivity contribution in [1.82, 2.24) is 0 Å². The fraction of sp³-hybridized carbons (Fsp3) is 0.333. The van der Waals surface area contributed by atoms with Gasteiger partial charge in [0.2, 0.25) is 0 Å². The van der Waals surface area contributed by atoms with E-state index in [9.17, 15) is 9.18 Å². The third-order valence-electron chi connectivity index (χ3n) is 2.84. The van der Waals surface area contributed by atoms with E-state index < -0.39 is 5.82 Å². The molecule has 0 bridgehead atoms. The number of piperidine rings is 1. The van der Waals surface area contributed by atoms with E-state index in [4.69, 9.17) is 5.26 Å². The average molecular weight is 297 g/mol. The minimum atomic E-state index is -0.432. The maximum absolute atomic E-state index is 14.0. The minimum absolute atomic E-state index is 0.189. The third-order valence-corrected chi connectivity index (χ3v) is 3.62. The summed E-state index contributed by atoms with van der Waals surface area (Å²) in [6.07, 6.45) is 0.911. The van der Waals surface area contributed by atoms with Crippen molar-refractivity contribution < 1.29 is 9.18 Å². The van der Waals surface area contributed by atoms with E-state index in [-0.39, 0.29) is 15.8 Å². The van der Waals surface area contributed by atoms with Crippen LogP contribution in [0.5, 0.6) is 0 Å². The van der Waals surface area contributed by atoms with Gasteiger partial charge in [-0.1, -0.05) is 0 Å². The zero-order valence-electron chi connectivity index (χ0n) is 9.04. The molecule has 17 heavy (non-hydrogen) atoms. The number of benzene rings is 1. The first-order chi connectivity index (χ1) is 8.13. The Morgan fingerprint density at radius 2 is 2.00 bits per heavy atom. The van der Waals surface area contributed by atoms with Crippen molar-refractivity contribution in [2.45, 2.75) is 12.8 Å². The average Bonchev–Trinajstić information content (AvgIpc) is 2.34. The van der Waals surface area contributed by atoms with E-state index in [2.05, 4.69) is 15.9 Å². The van der Waals surface area contributed by atoms with E-state index in [1.807, 2.05) is 11.0 Å². The molecule has 88 valence electrons. The summed E-state index contributed by atoms with van der Waals surface area (Å²) in [6, 6.07) is 5.09. The molecule has 0 aromatic heterocycles. The van der Waals surface area contributed by atoms with Gasteiger partial charge in [-0.05, 0) is 28.1 Å². The Morgan fingerprint density at radius 1 is 1.35 bits per heavy atom. The van der Waals surface area contributed by atoms with Crippen LogP contribution in [-0.4, -0.2) is 18.9 Å². The van der Waals surface area contributed by atoms with Crippen molar-refractivity contribution in [2.75, 3.05) is 18.0 Å². The lowest BCUT2D eigenvalue weighted by Gasteiger charge is -2.28. The van der Waals surface area contributed by atoms with Crippen molar-refractivity contribution in [1.29, 1.82) is 5.26 Å². The predicted molar refractivity (Wildman–Crippen MR) is 65.3 cm³/mol. The zero-order chi connectivity index (χ0) is 12.4. The smallest absolute Gasteiger partial charge is 0.161 e. The molecule has 0 radical (unpaired) electrons. The van der Waals surface area contributed by atoms with Crippen LogP contribution in [0.25, 0.3) is 0 Å². The van der Waals surface area contributed by atoms with Crippen LogP contribution in [0.1, 0.15) is 18.4 Å². The van der Waals surface area contributed by atoms with Crippen molar-refractivity contribution in [3.8, 4) is 6.07 Å². The van der Waals surface area contributed by atoms with Gasteiger partial charge in [0.05, 0.1) is 15.7 Å². The van der Waals surface area contributed by atoms with Gasteiger partial charge in [-0.25, -0.2) is 4.39 Å². The fourth-order valence-electron chi connectivity index (χ4n) is 1.87. The molecule has 1 aliphatic rings. The Bertz CT molecular complexity index is 500. The largest absolute Gasteiger partial charge is 0.368 e. The summed E-state index contributed by atoms with van der Waals surface area (Å²) in [5, 5.41) is 8.77. The van der Waals surface area contributed by atoms with Gasteiger partial charge in [0, 0.05) is 25.9 Å². The second-order valence-electron chi connectivity index (χ2n) is 3.90. The zero-order valence-corrected chi connectivity index (χ0v) is 10.6. The van der Waals surface area contributed by atoms with Crippen molar-refractivity contribution in [3.63, 3.8) is 0 Å². The lowest BCUT2D eigenvalue weighted by atomic mass is 10.1. The maximum Gasteiger partial charge on any atom is 0.161 e. The molecule has 0 unspecified atom stereocenters. The molecule has 1 saturated heterocycles. The van der Waals surface area contributed by atoms with Crippen LogP contribution in [-0.2, 0) is 4.79 Å². The topological polar surface area (TPSA) is 44.1 Å². The van der Waals surface area contributed by atoms with E-state index >= 15 is 0 Å². The SMILES string of the molecule is N#Cc1ccc(N2CCC(=O)CC2)c(F)c1Br. The second kappa shape index (κ2) is 4.84. The van der Waals surface area contributed by atoms with Crippen LogP contribution in [0, 0.1) is 17.1 Å². The Morgan fingerprint density at radius 3 is 2.59 bits per heavy atom. The van der Waals surface area contributed by atoms with Gasteiger partial charge < -0.3 is 4.90 Å². The number of halogens is 2. The van der Waals surface area contributed by atoms with E-state index in [1.54, 1.807) is 12.1 Å². The molecular weight excluding hydrogens is 287 g/mol. The first-order valence-corrected chi connectivity index (χ1v) is 6.07. The van der Waals surface area contributed by atoms with Gasteiger partial charge in [0.1, 0.15) is 11.9 Å². The summed E-state index contributed by atoms with van der Waals surface area (Å²) in [5.41, 5.74) is 0.725. The minimum Gasteiger partial charge on any atom is -0.368 e. The quantitative estimate of drug-likeness (QED) is 0.800. The van der Waals surface area contributed by atoms with Gasteiger partial charge in [0.25, 0.3) is 0 Å². The summed E-state index contributed by atoms with van der Waals surface area (Å²) in [5.74, 6) is -0.215. The Balaban J connectivity index is 2.31. The summed E-state index contributed by atoms with van der Waals surface area (Å²) < 4.78 is 14.2. The molecule has 0 atom stereocenters. The van der Waals surface area contributed by atoms with Crippen LogP contribution >= 0.6 is 15.9 Å². The lowest BCUT2D eigenvalue weighted by molar-refractivity contribution is -0.119. The number of nitriles is 1. The fourth-order valence-corrected chi connectivity index (χ4v) is 2.29. The highest BCUT2D eigenvalue weighted by molar-refractivity contribution is 9.10. The van der Waals surface area contributed by atoms with Crippen LogP contribution in [0.15, 0.2) is 16.6 Å². The molecule has 0 N–H and O–H groups in total. The third kappa shape index (κ3) is 2.32. The summed E-state index contributed by atoms with van der Waals surface area (Å²) in [4.78, 5) is 13.0. The van der Waals surface area contributed by atoms with Crippen molar-refractivity contribution in [2.24, 2.45) is 0 Å². The molecular formula is C12H10BrFN2O. The van der Waals surface area contributed by atoms with Gasteiger partial charge in [-0.3, -0.25) is 4.79 Å². The van der Waals surface area contributed by atoms with Crippen molar-refractivity contribution in [3.05, 3.63) is 28.0 Å². The molecule has 1 aliphatic heterocycles. The number of nitrogens with zero attached hydrogens (tertiary/aromatic N) is 2. The van der Waals surface area contributed by atoms with Crippen LogP contribution < -0.4 is 4.90 Å². The number of hydrogen-bond donors (Lipinski definition) is 0. The molecule has 2 rings (SSSR count). The molecule has 0 amide bonds. The number of hydrogen-bond acceptors (Lipinski definition) is 3. The molecule has 3 nitrogen and oxygen atoms in total. The number of anilines is 1. The predicted octanol–water partition coefficient (Wildman–Crippen LogP) is 2.63. The number of rotatable bonds is 1. The first kappa shape index (κ1) is 12.1. The number of carbonyl (C=O) groups excluding carboxylic acids is 1. The standard InChI is InChI=1S/C12H10BrFN2O/c13-11-8(7-15)1-2-10(12(11)14)16-5-3-9(17)4-6-16/h1-2H,3-6H2. The normalized spacial score (nSPS) is 15.8. The van der Waals surface area contributed by atoms with Crippen LogP contribution in [0.3, 0.4) is 0 Å². The molecule has 5 heteroatoms. The van der Waals surface area contributed by atoms with Crippen molar-refractivity contribution >= 4 is 27.4 Å². The highest BCUT2D eigenvalue weighted by atomic mass is 79.9. The molecule has 1 heterocycles. The van der Waals surface area contributed by atoms with Gasteiger partial charge >= 0.3 is 0 Å². The van der Waals surface area contributed by atoms with Crippen LogP contribution in [0.2, 0.25) is 0 Å².